The third kappa shape index (κ3) is 2.63. The fourth-order valence-electron chi connectivity index (χ4n) is 2.35. The highest BCUT2D eigenvalue weighted by atomic mass is 16.5. The molecule has 0 unspecified atom stereocenters. The van der Waals surface area contributed by atoms with E-state index in [0.29, 0.717) is 17.1 Å². The minimum Gasteiger partial charge on any atom is -0.496 e. The maximum Gasteiger partial charge on any atom is 0.229 e. The number of benzene rings is 1. The summed E-state index contributed by atoms with van der Waals surface area (Å²) in [6, 6.07) is 11.1. The average molecular weight is 296 g/mol. The molecule has 0 fully saturated rings. The second-order valence-corrected chi connectivity index (χ2v) is 4.90. The number of hydrogen-bond donors (Lipinski definition) is 1. The van der Waals surface area contributed by atoms with Crippen molar-refractivity contribution in [1.82, 2.24) is 14.6 Å². The molecule has 0 radical (unpaired) electrons. The molecule has 6 nitrogen and oxygen atoms in total. The number of anilines is 1. The normalized spacial score (nSPS) is 10.6. The van der Waals surface area contributed by atoms with Crippen LogP contribution in [0.1, 0.15) is 11.4 Å². The number of nitrogens with zero attached hydrogens (tertiary/aromatic N) is 3. The van der Waals surface area contributed by atoms with E-state index in [-0.39, 0.29) is 12.3 Å². The number of hydrogen-bond acceptors (Lipinski definition) is 4. The molecule has 0 aliphatic rings. The molecule has 0 atom stereocenters. The molecule has 1 N–H and O–H groups in total. The van der Waals surface area contributed by atoms with Gasteiger partial charge < -0.3 is 10.1 Å². The van der Waals surface area contributed by atoms with E-state index in [9.17, 15) is 4.79 Å². The summed E-state index contributed by atoms with van der Waals surface area (Å²) in [5.41, 5.74) is 2.11. The number of aromatic nitrogens is 3. The number of fused-ring (bicyclic) bond motifs is 1. The van der Waals surface area contributed by atoms with Gasteiger partial charge in [0.1, 0.15) is 11.6 Å². The Labute approximate surface area is 127 Å². The minimum atomic E-state index is -0.127. The Morgan fingerprint density at radius 3 is 2.86 bits per heavy atom. The predicted molar refractivity (Wildman–Crippen MR) is 83.1 cm³/mol. The molecule has 6 heteroatoms. The van der Waals surface area contributed by atoms with Gasteiger partial charge in [-0.15, -0.1) is 10.2 Å². The van der Waals surface area contributed by atoms with Crippen LogP contribution in [0.3, 0.4) is 0 Å². The summed E-state index contributed by atoms with van der Waals surface area (Å²) in [6.07, 6.45) is 2.10. The average Bonchev–Trinajstić information content (AvgIpc) is 2.90. The minimum absolute atomic E-state index is 0.127. The first kappa shape index (κ1) is 14.1. The van der Waals surface area contributed by atoms with Crippen molar-refractivity contribution in [2.24, 2.45) is 0 Å². The van der Waals surface area contributed by atoms with Crippen LogP contribution in [-0.2, 0) is 11.2 Å². The van der Waals surface area contributed by atoms with Gasteiger partial charge in [0.2, 0.25) is 5.91 Å². The molecule has 0 spiro atoms. The number of amides is 1. The molecule has 2 heterocycles. The number of rotatable bonds is 4. The highest BCUT2D eigenvalue weighted by Crippen LogP contribution is 2.19. The van der Waals surface area contributed by atoms with E-state index in [1.165, 1.54) is 0 Å². The Balaban J connectivity index is 1.81. The molecular weight excluding hydrogens is 280 g/mol. The Bertz CT molecular complexity index is 826. The summed E-state index contributed by atoms with van der Waals surface area (Å²) < 4.78 is 7.10. The Hall–Kier alpha value is -2.89. The number of methoxy groups -OCH3 is 1. The van der Waals surface area contributed by atoms with E-state index in [1.54, 1.807) is 7.11 Å². The van der Waals surface area contributed by atoms with Crippen LogP contribution in [0.4, 0.5) is 5.69 Å². The van der Waals surface area contributed by atoms with Crippen molar-refractivity contribution in [3.05, 3.63) is 54.0 Å². The second kappa shape index (κ2) is 5.85. The van der Waals surface area contributed by atoms with Crippen molar-refractivity contribution in [1.29, 1.82) is 0 Å². The number of pyridine rings is 1. The van der Waals surface area contributed by atoms with Crippen LogP contribution in [0.25, 0.3) is 5.65 Å². The second-order valence-electron chi connectivity index (χ2n) is 4.90. The Kier molecular flexibility index (Phi) is 3.74. The molecule has 112 valence electrons. The molecule has 3 rings (SSSR count). The number of carbonyl (C=O) groups is 1. The zero-order chi connectivity index (χ0) is 15.5. The third-order valence-corrected chi connectivity index (χ3v) is 3.42. The van der Waals surface area contributed by atoms with Crippen molar-refractivity contribution in [3.8, 4) is 5.75 Å². The van der Waals surface area contributed by atoms with Crippen molar-refractivity contribution in [2.45, 2.75) is 13.3 Å². The molecule has 1 amide bonds. The summed E-state index contributed by atoms with van der Waals surface area (Å²) >= 11 is 0. The third-order valence-electron chi connectivity index (χ3n) is 3.42. The van der Waals surface area contributed by atoms with Crippen molar-refractivity contribution < 1.29 is 9.53 Å². The molecule has 0 saturated heterocycles. The lowest BCUT2D eigenvalue weighted by molar-refractivity contribution is -0.115. The molecule has 0 aliphatic heterocycles. The monoisotopic (exact) mass is 296 g/mol. The van der Waals surface area contributed by atoms with Gasteiger partial charge in [0.05, 0.1) is 19.2 Å². The molecule has 2 aromatic heterocycles. The standard InChI is InChI=1S/C16H16N4O2/c1-11-18-19-16-13(7-5-9-20(11)16)17-15(21)10-12-6-3-4-8-14(12)22-2/h3-9H,10H2,1-2H3,(H,17,21). The Morgan fingerprint density at radius 1 is 1.23 bits per heavy atom. The highest BCUT2D eigenvalue weighted by molar-refractivity contribution is 5.95. The van der Waals surface area contributed by atoms with E-state index in [0.717, 1.165) is 11.4 Å². The van der Waals surface area contributed by atoms with Gasteiger partial charge in [0.25, 0.3) is 0 Å². The van der Waals surface area contributed by atoms with E-state index >= 15 is 0 Å². The quantitative estimate of drug-likeness (QED) is 0.801. The number of aryl methyl sites for hydroxylation is 1. The van der Waals surface area contributed by atoms with Crippen LogP contribution in [0.5, 0.6) is 5.75 Å². The molecule has 0 bridgehead atoms. The summed E-state index contributed by atoms with van der Waals surface area (Å²) in [5, 5.41) is 11.0. The van der Waals surface area contributed by atoms with Gasteiger partial charge in [-0.2, -0.15) is 0 Å². The number of carbonyl (C=O) groups excluding carboxylic acids is 1. The SMILES string of the molecule is COc1ccccc1CC(=O)Nc1cccn2c(C)nnc12. The number of nitrogens with one attached hydrogen (secondary N) is 1. The first-order valence-electron chi connectivity index (χ1n) is 6.91. The van der Waals surface area contributed by atoms with Crippen molar-refractivity contribution in [3.63, 3.8) is 0 Å². The van der Waals surface area contributed by atoms with E-state index < -0.39 is 0 Å². The zero-order valence-corrected chi connectivity index (χ0v) is 12.4. The zero-order valence-electron chi connectivity index (χ0n) is 12.4. The summed E-state index contributed by atoms with van der Waals surface area (Å²) in [7, 11) is 1.59. The van der Waals surface area contributed by atoms with Gasteiger partial charge >= 0.3 is 0 Å². The predicted octanol–water partition coefficient (Wildman–Crippen LogP) is 2.23. The van der Waals surface area contributed by atoms with Gasteiger partial charge in [-0.05, 0) is 25.1 Å². The van der Waals surface area contributed by atoms with Crippen LogP contribution < -0.4 is 10.1 Å². The molecule has 3 aromatic rings. The van der Waals surface area contributed by atoms with Gasteiger partial charge in [-0.25, -0.2) is 0 Å². The van der Waals surface area contributed by atoms with Gasteiger partial charge in [-0.1, -0.05) is 18.2 Å². The van der Waals surface area contributed by atoms with E-state index in [2.05, 4.69) is 15.5 Å². The van der Waals surface area contributed by atoms with E-state index in [4.69, 9.17) is 4.74 Å². The van der Waals surface area contributed by atoms with Crippen molar-refractivity contribution in [2.75, 3.05) is 12.4 Å². The van der Waals surface area contributed by atoms with Crippen molar-refractivity contribution >= 4 is 17.2 Å². The molecule has 0 aliphatic carbocycles. The first-order valence-corrected chi connectivity index (χ1v) is 6.91. The fourth-order valence-corrected chi connectivity index (χ4v) is 2.35. The largest absolute Gasteiger partial charge is 0.496 e. The summed E-state index contributed by atoms with van der Waals surface area (Å²) in [5.74, 6) is 1.35. The van der Waals surface area contributed by atoms with Crippen LogP contribution in [0.15, 0.2) is 42.6 Å². The van der Waals surface area contributed by atoms with Gasteiger partial charge in [0.15, 0.2) is 5.65 Å². The topological polar surface area (TPSA) is 68.5 Å². The maximum atomic E-state index is 12.3. The lowest BCUT2D eigenvalue weighted by Crippen LogP contribution is -2.15. The highest BCUT2D eigenvalue weighted by Gasteiger charge is 2.12. The Morgan fingerprint density at radius 2 is 2.05 bits per heavy atom. The lowest BCUT2D eigenvalue weighted by atomic mass is 10.1. The molecule has 0 saturated carbocycles. The lowest BCUT2D eigenvalue weighted by Gasteiger charge is -2.09. The number of para-hydroxylation sites is 1. The fraction of sp³-hybridized carbons (Fsp3) is 0.188. The number of ether oxygens (including phenoxy) is 1. The van der Waals surface area contributed by atoms with Crippen LogP contribution >= 0.6 is 0 Å². The van der Waals surface area contributed by atoms with Gasteiger partial charge in [-0.3, -0.25) is 9.20 Å². The summed E-state index contributed by atoms with van der Waals surface area (Å²) in [4.78, 5) is 12.3. The molecule has 1 aromatic carbocycles. The molecule has 22 heavy (non-hydrogen) atoms. The van der Waals surface area contributed by atoms with Crippen LogP contribution in [0.2, 0.25) is 0 Å². The molecular formula is C16H16N4O2. The first-order chi connectivity index (χ1) is 10.7. The smallest absolute Gasteiger partial charge is 0.229 e. The van der Waals surface area contributed by atoms with Gasteiger partial charge in [0, 0.05) is 11.8 Å². The van der Waals surface area contributed by atoms with Crippen LogP contribution in [0, 0.1) is 6.92 Å². The van der Waals surface area contributed by atoms with Crippen LogP contribution in [-0.4, -0.2) is 27.6 Å². The van der Waals surface area contributed by atoms with E-state index in [1.807, 2.05) is 53.9 Å². The summed E-state index contributed by atoms with van der Waals surface area (Å²) in [6.45, 7) is 1.86. The maximum absolute atomic E-state index is 12.3.